The highest BCUT2D eigenvalue weighted by molar-refractivity contribution is 5.71. The molecule has 0 saturated heterocycles. The lowest BCUT2D eigenvalue weighted by Crippen LogP contribution is -2.16. The van der Waals surface area contributed by atoms with E-state index in [1.54, 1.807) is 0 Å². The normalized spacial score (nSPS) is 12.2. The van der Waals surface area contributed by atoms with Gasteiger partial charge in [-0.05, 0) is 13.8 Å². The first-order valence-corrected chi connectivity index (χ1v) is 3.62. The Morgan fingerprint density at radius 3 is 2.64 bits per heavy atom. The minimum Gasteiger partial charge on any atom is -0.469 e. The minimum absolute atomic E-state index is 0.206. The highest BCUT2D eigenvalue weighted by Crippen LogP contribution is 1.86. The van der Waals surface area contributed by atoms with Crippen LogP contribution in [0.2, 0.25) is 0 Å². The van der Waals surface area contributed by atoms with Crippen LogP contribution in [-0.4, -0.2) is 32.4 Å². The van der Waals surface area contributed by atoms with E-state index in [-0.39, 0.29) is 12.1 Å². The van der Waals surface area contributed by atoms with Crippen LogP contribution < -0.4 is 5.73 Å². The number of nitrogens with zero attached hydrogens (tertiary/aromatic N) is 1. The molecule has 0 aromatic heterocycles. The molecule has 0 amide bonds. The van der Waals surface area contributed by atoms with E-state index in [1.165, 1.54) is 7.11 Å². The maximum Gasteiger partial charge on any atom is 0.281 e. The average molecular weight is 160 g/mol. The lowest BCUT2D eigenvalue weighted by Gasteiger charge is -2.04. The second-order valence-corrected chi connectivity index (χ2v) is 2.34. The number of rotatable bonds is 4. The molecule has 0 aliphatic heterocycles. The molecule has 0 aliphatic carbocycles. The van der Waals surface area contributed by atoms with Gasteiger partial charge in [0.05, 0.1) is 26.4 Å². The van der Waals surface area contributed by atoms with Gasteiger partial charge in [-0.1, -0.05) is 0 Å². The van der Waals surface area contributed by atoms with E-state index < -0.39 is 0 Å². The number of amidine groups is 1. The van der Waals surface area contributed by atoms with E-state index in [0.717, 1.165) is 0 Å². The highest BCUT2D eigenvalue weighted by atomic mass is 16.5. The van der Waals surface area contributed by atoms with Crippen molar-refractivity contribution in [2.24, 2.45) is 10.7 Å². The lowest BCUT2D eigenvalue weighted by atomic mass is 10.5. The van der Waals surface area contributed by atoms with Gasteiger partial charge in [-0.3, -0.25) is 0 Å². The summed E-state index contributed by atoms with van der Waals surface area (Å²) >= 11 is 0. The lowest BCUT2D eigenvalue weighted by molar-refractivity contribution is 0.0851. The molecule has 0 atom stereocenters. The van der Waals surface area contributed by atoms with Crippen molar-refractivity contribution < 1.29 is 9.47 Å². The molecule has 11 heavy (non-hydrogen) atoms. The third-order valence-electron chi connectivity index (χ3n) is 1.02. The second kappa shape index (κ2) is 5.97. The zero-order valence-electron chi connectivity index (χ0n) is 7.33. The van der Waals surface area contributed by atoms with Gasteiger partial charge in [-0.25, -0.2) is 4.99 Å². The second-order valence-electron chi connectivity index (χ2n) is 2.34. The summed E-state index contributed by atoms with van der Waals surface area (Å²) in [6.07, 6.45) is 0.244. The molecule has 0 unspecified atom stereocenters. The van der Waals surface area contributed by atoms with Gasteiger partial charge in [0, 0.05) is 0 Å². The van der Waals surface area contributed by atoms with Gasteiger partial charge in [-0.15, -0.1) is 0 Å². The quantitative estimate of drug-likeness (QED) is 0.367. The molecule has 0 spiro atoms. The van der Waals surface area contributed by atoms with Gasteiger partial charge in [0.15, 0.2) is 0 Å². The number of hydrogen-bond acceptors (Lipinski definition) is 3. The molecule has 0 saturated carbocycles. The fourth-order valence-electron chi connectivity index (χ4n) is 0.509. The molecule has 4 nitrogen and oxygen atoms in total. The van der Waals surface area contributed by atoms with Crippen LogP contribution in [-0.2, 0) is 9.47 Å². The Morgan fingerprint density at radius 1 is 1.55 bits per heavy atom. The van der Waals surface area contributed by atoms with Crippen LogP contribution in [0.3, 0.4) is 0 Å². The maximum atomic E-state index is 5.26. The Bertz CT molecular complexity index is 124. The zero-order chi connectivity index (χ0) is 8.69. The Balaban J connectivity index is 3.26. The maximum absolute atomic E-state index is 5.26. The van der Waals surface area contributed by atoms with Crippen molar-refractivity contribution in [3.8, 4) is 0 Å². The molecule has 0 fully saturated rings. The van der Waals surface area contributed by atoms with Gasteiger partial charge in [0.1, 0.15) is 0 Å². The van der Waals surface area contributed by atoms with Crippen molar-refractivity contribution >= 4 is 6.02 Å². The molecule has 0 aromatic rings. The minimum atomic E-state index is 0.206. The molecular weight excluding hydrogens is 144 g/mol. The van der Waals surface area contributed by atoms with Crippen LogP contribution >= 0.6 is 0 Å². The third kappa shape index (κ3) is 7.12. The fourth-order valence-corrected chi connectivity index (χ4v) is 0.509. The average Bonchev–Trinajstić information content (AvgIpc) is 1.97. The van der Waals surface area contributed by atoms with Gasteiger partial charge in [0.2, 0.25) is 0 Å². The first-order chi connectivity index (χ1) is 5.16. The molecular formula is C7H16N2O2. The van der Waals surface area contributed by atoms with Crippen molar-refractivity contribution in [1.29, 1.82) is 0 Å². The topological polar surface area (TPSA) is 56.8 Å². The molecule has 0 aliphatic rings. The van der Waals surface area contributed by atoms with E-state index in [9.17, 15) is 0 Å². The van der Waals surface area contributed by atoms with Crippen LogP contribution in [0, 0.1) is 0 Å². The standard InChI is InChI=1S/C7H16N2O2/c1-6(2)11-5-4-9-7(8)10-3/h6H,4-5H2,1-3H3,(H2,8,9). The van der Waals surface area contributed by atoms with E-state index in [1.807, 2.05) is 13.8 Å². The first kappa shape index (κ1) is 10.2. The summed E-state index contributed by atoms with van der Waals surface area (Å²) in [6.45, 7) is 5.09. The molecule has 4 heteroatoms. The molecule has 0 radical (unpaired) electrons. The Hall–Kier alpha value is -0.770. The fraction of sp³-hybridized carbons (Fsp3) is 0.857. The van der Waals surface area contributed by atoms with E-state index >= 15 is 0 Å². The summed E-state index contributed by atoms with van der Waals surface area (Å²) in [6, 6.07) is 0.206. The number of nitrogens with two attached hydrogens (primary N) is 1. The summed E-state index contributed by atoms with van der Waals surface area (Å²) in [7, 11) is 1.49. The van der Waals surface area contributed by atoms with Crippen LogP contribution in [0.1, 0.15) is 13.8 Å². The van der Waals surface area contributed by atoms with Crippen LogP contribution in [0.4, 0.5) is 0 Å². The van der Waals surface area contributed by atoms with Crippen LogP contribution in [0.15, 0.2) is 4.99 Å². The van der Waals surface area contributed by atoms with Crippen molar-refractivity contribution in [1.82, 2.24) is 0 Å². The molecule has 2 N–H and O–H groups in total. The number of methoxy groups -OCH3 is 1. The summed E-state index contributed by atoms with van der Waals surface area (Å²) < 4.78 is 9.85. The zero-order valence-corrected chi connectivity index (χ0v) is 7.33. The SMILES string of the molecule is COC(N)=NCCOC(C)C. The Kier molecular flexibility index (Phi) is 5.56. The van der Waals surface area contributed by atoms with E-state index in [2.05, 4.69) is 9.73 Å². The van der Waals surface area contributed by atoms with Gasteiger partial charge < -0.3 is 15.2 Å². The van der Waals surface area contributed by atoms with Crippen molar-refractivity contribution in [2.75, 3.05) is 20.3 Å². The number of aliphatic imine (C=N–C) groups is 1. The van der Waals surface area contributed by atoms with Crippen molar-refractivity contribution in [2.45, 2.75) is 20.0 Å². The highest BCUT2D eigenvalue weighted by Gasteiger charge is 1.91. The summed E-state index contributed by atoms with van der Waals surface area (Å²) in [5.41, 5.74) is 5.26. The molecule has 0 rings (SSSR count). The monoisotopic (exact) mass is 160 g/mol. The number of ether oxygens (including phenoxy) is 2. The largest absolute Gasteiger partial charge is 0.469 e. The predicted octanol–water partition coefficient (Wildman–Crippen LogP) is 0.372. The van der Waals surface area contributed by atoms with Crippen molar-refractivity contribution in [3.05, 3.63) is 0 Å². The van der Waals surface area contributed by atoms with Gasteiger partial charge in [-0.2, -0.15) is 0 Å². The van der Waals surface area contributed by atoms with Crippen LogP contribution in [0.5, 0.6) is 0 Å². The number of hydrogen-bond donors (Lipinski definition) is 1. The van der Waals surface area contributed by atoms with Gasteiger partial charge >= 0.3 is 0 Å². The predicted molar refractivity (Wildman–Crippen MR) is 44.6 cm³/mol. The van der Waals surface area contributed by atoms with E-state index in [4.69, 9.17) is 10.5 Å². The molecule has 0 aromatic carbocycles. The molecule has 0 bridgehead atoms. The summed E-state index contributed by atoms with van der Waals surface area (Å²) in [5.74, 6) is 0. The first-order valence-electron chi connectivity index (χ1n) is 3.62. The molecule has 66 valence electrons. The Labute approximate surface area is 67.4 Å². The summed E-state index contributed by atoms with van der Waals surface area (Å²) in [4.78, 5) is 3.86. The van der Waals surface area contributed by atoms with E-state index in [0.29, 0.717) is 13.2 Å². The van der Waals surface area contributed by atoms with Crippen molar-refractivity contribution in [3.63, 3.8) is 0 Å². The summed E-state index contributed by atoms with van der Waals surface area (Å²) in [5, 5.41) is 0. The van der Waals surface area contributed by atoms with Crippen LogP contribution in [0.25, 0.3) is 0 Å². The third-order valence-corrected chi connectivity index (χ3v) is 1.02. The smallest absolute Gasteiger partial charge is 0.281 e. The Morgan fingerprint density at radius 2 is 2.18 bits per heavy atom. The molecule has 0 heterocycles. The van der Waals surface area contributed by atoms with Gasteiger partial charge in [0.25, 0.3) is 6.02 Å².